The molecule has 1 atom stereocenters. The van der Waals surface area contributed by atoms with E-state index in [4.69, 9.17) is 16.3 Å². The highest BCUT2D eigenvalue weighted by atomic mass is 35.5. The largest absolute Gasteiger partial charge is 0.493 e. The molecular formula is C21H26ClN5O2. The second-order valence-corrected chi connectivity index (χ2v) is 7.77. The molecule has 0 fully saturated rings. The van der Waals surface area contributed by atoms with Gasteiger partial charge < -0.3 is 25.8 Å². The molecule has 1 aromatic carbocycles. The van der Waals surface area contributed by atoms with Crippen LogP contribution in [0.4, 0.5) is 17.5 Å². The summed E-state index contributed by atoms with van der Waals surface area (Å²) in [4.78, 5) is 8.96. The third-order valence-electron chi connectivity index (χ3n) is 5.14. The van der Waals surface area contributed by atoms with Gasteiger partial charge in [-0.25, -0.2) is 4.98 Å². The van der Waals surface area contributed by atoms with E-state index in [0.29, 0.717) is 37.1 Å². The Bertz CT molecular complexity index is 947. The van der Waals surface area contributed by atoms with Gasteiger partial charge in [0.1, 0.15) is 11.6 Å². The molecule has 0 saturated heterocycles. The molecule has 2 aromatic rings. The van der Waals surface area contributed by atoms with Crippen LogP contribution in [0.2, 0.25) is 5.02 Å². The maximum atomic E-state index is 10.3. The highest BCUT2D eigenvalue weighted by Gasteiger charge is 2.25. The van der Waals surface area contributed by atoms with Crippen LogP contribution in [-0.2, 0) is 6.42 Å². The summed E-state index contributed by atoms with van der Waals surface area (Å²) in [6, 6.07) is 3.90. The number of aromatic nitrogens is 2. The number of nitrogens with one attached hydrogen (secondary N) is 3. The van der Waals surface area contributed by atoms with Crippen LogP contribution in [0.3, 0.4) is 0 Å². The van der Waals surface area contributed by atoms with Gasteiger partial charge in [0.15, 0.2) is 0 Å². The number of ether oxygens (including phenoxy) is 1. The average Bonchev–Trinajstić information content (AvgIpc) is 2.92. The summed E-state index contributed by atoms with van der Waals surface area (Å²) < 4.78 is 6.03. The molecule has 0 amide bonds. The number of aryl methyl sites for hydroxylation is 2. The zero-order valence-electron chi connectivity index (χ0n) is 16.7. The van der Waals surface area contributed by atoms with Crippen LogP contribution in [0.25, 0.3) is 5.57 Å². The van der Waals surface area contributed by atoms with Gasteiger partial charge in [0.05, 0.1) is 23.4 Å². The second-order valence-electron chi connectivity index (χ2n) is 7.39. The summed E-state index contributed by atoms with van der Waals surface area (Å²) in [5.74, 6) is 2.04. The van der Waals surface area contributed by atoms with Crippen molar-refractivity contribution in [2.45, 2.75) is 32.3 Å². The molecule has 3 heterocycles. The molecule has 1 unspecified atom stereocenters. The minimum absolute atomic E-state index is 0.464. The number of benzene rings is 1. The van der Waals surface area contributed by atoms with Gasteiger partial charge in [0, 0.05) is 43.9 Å². The van der Waals surface area contributed by atoms with Crippen LogP contribution in [0.1, 0.15) is 29.7 Å². The highest BCUT2D eigenvalue weighted by Crippen LogP contribution is 2.44. The molecule has 0 bridgehead atoms. The molecule has 8 heteroatoms. The van der Waals surface area contributed by atoms with Crippen molar-refractivity contribution in [3.63, 3.8) is 0 Å². The van der Waals surface area contributed by atoms with Crippen molar-refractivity contribution in [3.8, 4) is 5.75 Å². The molecule has 154 valence electrons. The SMILES string of the molecule is CNc1cc(C)nc(Nc2cc3c(c(C4=CCNCC(O)C4)c2Cl)OCCC3)n1. The first-order chi connectivity index (χ1) is 14.0. The van der Waals surface area contributed by atoms with Gasteiger partial charge in [-0.1, -0.05) is 17.7 Å². The third kappa shape index (κ3) is 4.32. The molecule has 0 saturated carbocycles. The number of hydrogen-bond acceptors (Lipinski definition) is 7. The van der Waals surface area contributed by atoms with Crippen LogP contribution in [-0.4, -0.2) is 47.9 Å². The molecule has 0 radical (unpaired) electrons. The first-order valence-electron chi connectivity index (χ1n) is 9.92. The van der Waals surface area contributed by atoms with Gasteiger partial charge in [0.2, 0.25) is 5.95 Å². The third-order valence-corrected chi connectivity index (χ3v) is 5.53. The topological polar surface area (TPSA) is 91.3 Å². The van der Waals surface area contributed by atoms with E-state index >= 15 is 0 Å². The molecule has 2 aliphatic rings. The predicted octanol–water partition coefficient (Wildman–Crippen LogP) is 3.29. The fourth-order valence-corrected chi connectivity index (χ4v) is 4.10. The fraction of sp³-hybridized carbons (Fsp3) is 0.429. The van der Waals surface area contributed by atoms with Crippen LogP contribution in [0, 0.1) is 6.92 Å². The molecule has 4 N–H and O–H groups in total. The quantitative estimate of drug-likeness (QED) is 0.609. The lowest BCUT2D eigenvalue weighted by atomic mass is 9.93. The lowest BCUT2D eigenvalue weighted by Crippen LogP contribution is -2.24. The standard InChI is InChI=1S/C21H26ClN5O2/c1-12-8-17(23-2)27-21(25-12)26-16-10-14-4-3-7-29-20(14)18(19(16)22)13-5-6-24-11-15(28)9-13/h5,8,10,15,24,28H,3-4,6-7,9,11H2,1-2H3,(H2,23,25,26,27). The average molecular weight is 416 g/mol. The number of β-amino-alcohol motifs (C(OH)–C–C–N with tert-alkyl or cyclic N) is 1. The van der Waals surface area contributed by atoms with E-state index in [9.17, 15) is 5.11 Å². The Labute approximate surface area is 175 Å². The number of fused-ring (bicyclic) bond motifs is 1. The fourth-order valence-electron chi connectivity index (χ4n) is 3.79. The zero-order chi connectivity index (χ0) is 20.4. The minimum atomic E-state index is -0.464. The van der Waals surface area contributed by atoms with Crippen LogP contribution in [0.5, 0.6) is 5.75 Å². The molecule has 1 aromatic heterocycles. The van der Waals surface area contributed by atoms with E-state index < -0.39 is 6.10 Å². The van der Waals surface area contributed by atoms with Gasteiger partial charge >= 0.3 is 0 Å². The van der Waals surface area contributed by atoms with E-state index in [1.807, 2.05) is 26.1 Å². The highest BCUT2D eigenvalue weighted by molar-refractivity contribution is 6.35. The molecule has 0 spiro atoms. The number of rotatable bonds is 4. The Morgan fingerprint density at radius 1 is 1.31 bits per heavy atom. The van der Waals surface area contributed by atoms with Gasteiger partial charge in [-0.05, 0) is 37.0 Å². The van der Waals surface area contributed by atoms with E-state index in [1.54, 1.807) is 0 Å². The van der Waals surface area contributed by atoms with E-state index in [2.05, 4.69) is 32.0 Å². The number of aliphatic hydroxyl groups excluding tert-OH is 1. The first-order valence-corrected chi connectivity index (χ1v) is 10.3. The van der Waals surface area contributed by atoms with Crippen LogP contribution in [0.15, 0.2) is 18.2 Å². The lowest BCUT2D eigenvalue weighted by Gasteiger charge is -2.25. The number of halogens is 1. The normalized spacial score (nSPS) is 18.9. The Kier molecular flexibility index (Phi) is 5.89. The Morgan fingerprint density at radius 2 is 2.17 bits per heavy atom. The second kappa shape index (κ2) is 8.57. The lowest BCUT2D eigenvalue weighted by molar-refractivity contribution is 0.180. The Hall–Kier alpha value is -2.35. The Balaban J connectivity index is 1.79. The van der Waals surface area contributed by atoms with Crippen LogP contribution < -0.4 is 20.7 Å². The van der Waals surface area contributed by atoms with Crippen molar-refractivity contribution in [1.29, 1.82) is 0 Å². The molecule has 0 aliphatic carbocycles. The zero-order valence-corrected chi connectivity index (χ0v) is 17.4. The number of nitrogens with zero attached hydrogens (tertiary/aromatic N) is 2. The van der Waals surface area contributed by atoms with Gasteiger partial charge in [-0.15, -0.1) is 0 Å². The van der Waals surface area contributed by atoms with Gasteiger partial charge in [0.25, 0.3) is 0 Å². The molecule has 29 heavy (non-hydrogen) atoms. The molecular weight excluding hydrogens is 390 g/mol. The van der Waals surface area contributed by atoms with E-state index in [-0.39, 0.29) is 0 Å². The van der Waals surface area contributed by atoms with E-state index in [1.165, 1.54) is 0 Å². The smallest absolute Gasteiger partial charge is 0.229 e. The predicted molar refractivity (Wildman–Crippen MR) is 116 cm³/mol. The van der Waals surface area contributed by atoms with Gasteiger partial charge in [-0.2, -0.15) is 4.98 Å². The number of aliphatic hydroxyl groups is 1. The molecule has 4 rings (SSSR count). The summed E-state index contributed by atoms with van der Waals surface area (Å²) in [6.07, 6.45) is 4.02. The van der Waals surface area contributed by atoms with Crippen LogP contribution >= 0.6 is 11.6 Å². The summed E-state index contributed by atoms with van der Waals surface area (Å²) >= 11 is 6.89. The summed E-state index contributed by atoms with van der Waals surface area (Å²) in [5.41, 5.74) is 4.55. The van der Waals surface area contributed by atoms with Gasteiger partial charge in [-0.3, -0.25) is 0 Å². The summed E-state index contributed by atoms with van der Waals surface area (Å²) in [6.45, 7) is 3.83. The molecule has 7 nitrogen and oxygen atoms in total. The maximum absolute atomic E-state index is 10.3. The Morgan fingerprint density at radius 3 is 3.00 bits per heavy atom. The van der Waals surface area contributed by atoms with E-state index in [0.717, 1.165) is 52.5 Å². The number of hydrogen-bond donors (Lipinski definition) is 4. The van der Waals surface area contributed by atoms with Crippen molar-refractivity contribution in [2.75, 3.05) is 37.4 Å². The summed E-state index contributed by atoms with van der Waals surface area (Å²) in [5, 5.41) is 20.4. The van der Waals surface area contributed by atoms with Crippen molar-refractivity contribution >= 4 is 34.6 Å². The number of anilines is 3. The van der Waals surface area contributed by atoms with Crippen molar-refractivity contribution < 1.29 is 9.84 Å². The van der Waals surface area contributed by atoms with Crippen molar-refractivity contribution in [3.05, 3.63) is 40.1 Å². The maximum Gasteiger partial charge on any atom is 0.229 e. The summed E-state index contributed by atoms with van der Waals surface area (Å²) in [7, 11) is 1.82. The van der Waals surface area contributed by atoms with Crippen molar-refractivity contribution in [1.82, 2.24) is 15.3 Å². The first kappa shape index (κ1) is 19.9. The minimum Gasteiger partial charge on any atom is -0.493 e. The monoisotopic (exact) mass is 415 g/mol. The molecule has 2 aliphatic heterocycles. The van der Waals surface area contributed by atoms with Crippen molar-refractivity contribution in [2.24, 2.45) is 0 Å².